The highest BCUT2D eigenvalue weighted by atomic mass is 32.1. The second-order valence-electron chi connectivity index (χ2n) is 21.5. The predicted octanol–water partition coefficient (Wildman–Crippen LogP) is 30.2. The molecule has 0 unspecified atom stereocenters. The van der Waals surface area contributed by atoms with Crippen LogP contribution >= 0.6 is 68.6 Å². The Morgan fingerprint density at radius 3 is 0.942 bits per heavy atom. The zero-order valence-corrected chi connectivity index (χ0v) is 77.5. The quantitative estimate of drug-likeness (QED) is 0.151. The number of benzene rings is 1. The van der Waals surface area contributed by atoms with Gasteiger partial charge < -0.3 is 23.2 Å². The summed E-state index contributed by atoms with van der Waals surface area (Å²) in [4.78, 5) is 21.0. The minimum absolute atomic E-state index is 0.750. The fourth-order valence-electron chi connectivity index (χ4n) is 6.06. The summed E-state index contributed by atoms with van der Waals surface area (Å²) in [6.07, 6.45) is 11.1. The van der Waals surface area contributed by atoms with E-state index in [0.717, 1.165) is 28.8 Å². The maximum atomic E-state index is 5.10. The number of thiazole rings is 1. The van der Waals surface area contributed by atoms with E-state index in [-0.39, 0.29) is 0 Å². The van der Waals surface area contributed by atoms with Crippen LogP contribution in [0.3, 0.4) is 0 Å². The lowest BCUT2D eigenvalue weighted by Gasteiger charge is -1.93. The predicted molar refractivity (Wildman–Crippen MR) is 469 cm³/mol. The lowest BCUT2D eigenvalue weighted by molar-refractivity contribution is 0.493. The fraction of sp³-hybridized carbons (Fsp3) is 0.488. The van der Waals surface area contributed by atoms with Crippen molar-refractivity contribution in [1.82, 2.24) is 38.3 Å². The Morgan fingerprint density at radius 1 is 0.369 bits per heavy atom. The number of aryl methyl sites for hydroxylation is 26. The average Bonchev–Trinajstić information content (AvgIpc) is 1.81. The molecule has 11 aromatic heterocycles. The van der Waals surface area contributed by atoms with Gasteiger partial charge in [-0.15, -0.1) is 27.8 Å². The van der Waals surface area contributed by atoms with E-state index in [1.807, 2.05) is 212 Å². The third-order valence-electron chi connectivity index (χ3n) is 14.3. The SMILES string of the molecule is CC.CC.CC.CC.CC.CC.CC.Cc1c[nH]cc1C.Cc1cc[nH]c1C.Cc1ccccc1C.Cc1ccoc1C.Cc1ccsc1C.Cc1cocc1C.Cc1cscc1C.Cc1nc(C)c(C)o1.Cc1nc(C)c(C)s1.Cc1nnsc1C.Cc1nsc(C)c1C.Cc1nsc(C)c1C. The number of aromatic amines is 2. The highest BCUT2D eigenvalue weighted by Crippen LogP contribution is 2.17. The average molecular weight is 1530 g/mol. The van der Waals surface area contributed by atoms with E-state index in [0.29, 0.717) is 0 Å². The van der Waals surface area contributed by atoms with Gasteiger partial charge in [0.05, 0.1) is 52.3 Å². The van der Waals surface area contributed by atoms with E-state index < -0.39 is 0 Å². The lowest BCUT2D eigenvalue weighted by atomic mass is 10.1. The van der Waals surface area contributed by atoms with Crippen molar-refractivity contribution in [3.05, 3.63) is 249 Å². The van der Waals surface area contributed by atoms with E-state index in [9.17, 15) is 0 Å². The Kier molecular flexibility index (Phi) is 74.3. The molecule has 1 aromatic carbocycles. The molecule has 12 rings (SSSR count). The molecule has 0 aliphatic heterocycles. The van der Waals surface area contributed by atoms with E-state index in [1.54, 1.807) is 75.9 Å². The van der Waals surface area contributed by atoms with Crippen LogP contribution in [-0.2, 0) is 0 Å². The molecule has 12 aromatic rings. The van der Waals surface area contributed by atoms with Crippen LogP contribution in [0.2, 0.25) is 0 Å². The second kappa shape index (κ2) is 69.8. The van der Waals surface area contributed by atoms with Crippen molar-refractivity contribution >= 4 is 68.6 Å². The number of thiophene rings is 2. The van der Waals surface area contributed by atoms with Gasteiger partial charge in [0.2, 0.25) is 0 Å². The van der Waals surface area contributed by atoms with Gasteiger partial charge >= 0.3 is 0 Å². The third kappa shape index (κ3) is 53.8. The minimum atomic E-state index is 0.750. The van der Waals surface area contributed by atoms with E-state index in [2.05, 4.69) is 195 Å². The topological polar surface area (TPSA) is 148 Å². The molecule has 0 atom stereocenters. The molecule has 0 saturated heterocycles. The monoisotopic (exact) mass is 1530 g/mol. The summed E-state index contributed by atoms with van der Waals surface area (Å²) in [6.45, 7) is 85.5. The molecule has 103 heavy (non-hydrogen) atoms. The summed E-state index contributed by atoms with van der Waals surface area (Å²) in [6, 6.07) is 14.5. The first-order valence-electron chi connectivity index (χ1n) is 36.4. The molecule has 11 heterocycles. The first-order valence-corrected chi connectivity index (χ1v) is 41.3. The highest BCUT2D eigenvalue weighted by Gasteiger charge is 2.01. The van der Waals surface area contributed by atoms with Crippen molar-refractivity contribution in [2.24, 2.45) is 0 Å². The van der Waals surface area contributed by atoms with Crippen LogP contribution in [0.15, 0.2) is 109 Å². The number of furan rings is 2. The molecular formula is C86H144N8O3S6. The molecule has 0 saturated carbocycles. The Morgan fingerprint density at radius 2 is 0.825 bits per heavy atom. The van der Waals surface area contributed by atoms with Crippen LogP contribution in [-0.4, -0.2) is 38.3 Å². The van der Waals surface area contributed by atoms with Crippen molar-refractivity contribution in [2.45, 2.75) is 291 Å². The zero-order valence-electron chi connectivity index (χ0n) is 72.6. The molecule has 0 aliphatic carbocycles. The molecule has 17 heteroatoms. The number of hydrogen-bond acceptors (Lipinski definition) is 15. The Balaban J connectivity index is -0.000000192. The largest absolute Gasteiger partial charge is 0.472 e. The number of nitrogens with one attached hydrogen (secondary N) is 2. The van der Waals surface area contributed by atoms with Gasteiger partial charge in [0.1, 0.15) is 11.5 Å². The van der Waals surface area contributed by atoms with Crippen LogP contribution in [0.5, 0.6) is 0 Å². The molecule has 0 fully saturated rings. The van der Waals surface area contributed by atoms with Crippen LogP contribution in [0.25, 0.3) is 0 Å². The Hall–Kier alpha value is -6.60. The van der Waals surface area contributed by atoms with Crippen LogP contribution in [0, 0.1) is 194 Å². The fourth-order valence-corrected chi connectivity index (χ4v) is 10.3. The number of nitrogens with zero attached hydrogens (tertiary/aromatic N) is 6. The Bertz CT molecular complexity index is 3110. The summed E-state index contributed by atoms with van der Waals surface area (Å²) in [7, 11) is 0. The molecule has 11 nitrogen and oxygen atoms in total. The number of aromatic nitrogens is 8. The van der Waals surface area contributed by atoms with Crippen molar-refractivity contribution in [3.63, 3.8) is 0 Å². The minimum Gasteiger partial charge on any atom is -0.472 e. The normalized spacial score (nSPS) is 8.68. The molecule has 0 aliphatic rings. The number of hydrogen-bond donors (Lipinski definition) is 2. The summed E-state index contributed by atoms with van der Waals surface area (Å²) < 4.78 is 26.9. The number of rotatable bonds is 0. The molecule has 582 valence electrons. The van der Waals surface area contributed by atoms with Gasteiger partial charge in [-0.1, -0.05) is 126 Å². The molecular weight excluding hydrogens is 1390 g/mol. The Labute approximate surface area is 655 Å². The van der Waals surface area contributed by atoms with Crippen molar-refractivity contribution in [2.75, 3.05) is 0 Å². The van der Waals surface area contributed by atoms with Gasteiger partial charge in [0, 0.05) is 55.6 Å². The van der Waals surface area contributed by atoms with Crippen LogP contribution in [0.4, 0.5) is 0 Å². The van der Waals surface area contributed by atoms with Crippen molar-refractivity contribution in [1.29, 1.82) is 0 Å². The molecule has 0 radical (unpaired) electrons. The molecule has 0 spiro atoms. The summed E-state index contributed by atoms with van der Waals surface area (Å²) in [5.74, 6) is 2.68. The molecule has 0 bridgehead atoms. The van der Waals surface area contributed by atoms with Gasteiger partial charge in [-0.3, -0.25) is 0 Å². The summed E-state index contributed by atoms with van der Waals surface area (Å²) in [5.41, 5.74) is 24.1. The lowest BCUT2D eigenvalue weighted by Crippen LogP contribution is -1.74. The van der Waals surface area contributed by atoms with E-state index >= 15 is 0 Å². The summed E-state index contributed by atoms with van der Waals surface area (Å²) in [5, 5.41) is 11.4. The maximum absolute atomic E-state index is 5.10. The van der Waals surface area contributed by atoms with Gasteiger partial charge in [-0.25, -0.2) is 9.97 Å². The second-order valence-corrected chi connectivity index (χ2v) is 27.7. The van der Waals surface area contributed by atoms with E-state index in [4.69, 9.17) is 13.3 Å². The number of H-pyrrole nitrogens is 2. The van der Waals surface area contributed by atoms with Gasteiger partial charge in [0.15, 0.2) is 5.89 Å². The van der Waals surface area contributed by atoms with Gasteiger partial charge in [-0.2, -0.15) is 20.1 Å². The standard InChI is InChI=1S/C8H10.C6H9NO.3C6H9NS.2C6H9N.2C6H8O.2C6H8S.C4H6N2S.7C2H6/c1-7-5-3-4-6-8(7)2;2*1-4-5(2)8-6(3)7-4;2*1-4-5(2)7-8-6(4)3;1-5-3-7-4-6(5)2;1-5-3-4-7-6(5)2;1-5-3-7-4-6(5)2;1-5-3-4-7-6(5)2;1-5-3-7-4-6(5)2;1-5-3-4-7-6(5)2;1-3-4(2)7-6-5-3;7*1-2/h3-6H,1-2H3;4*1-3H3;2*3-4,7H,1-2H3;4*3-4H,1-2H3;1-2H3;7*1-2H3. The summed E-state index contributed by atoms with van der Waals surface area (Å²) >= 11 is 9.93. The smallest absolute Gasteiger partial charge is 0.191 e. The first kappa shape index (κ1) is 110. The van der Waals surface area contributed by atoms with Crippen LogP contribution < -0.4 is 0 Å². The first-order chi connectivity index (χ1) is 48.8. The van der Waals surface area contributed by atoms with Gasteiger partial charge in [0.25, 0.3) is 0 Å². The third-order valence-corrected chi connectivity index (χ3v) is 19.8. The molecule has 2 N–H and O–H groups in total. The maximum Gasteiger partial charge on any atom is 0.191 e. The van der Waals surface area contributed by atoms with Gasteiger partial charge in [-0.05, 0) is 328 Å². The van der Waals surface area contributed by atoms with Crippen molar-refractivity contribution < 1.29 is 13.3 Å². The highest BCUT2D eigenvalue weighted by molar-refractivity contribution is 7.11. The van der Waals surface area contributed by atoms with E-state index in [1.165, 1.54) is 136 Å². The number of oxazole rings is 1. The zero-order chi connectivity index (χ0) is 81.5. The van der Waals surface area contributed by atoms with Crippen molar-refractivity contribution in [3.8, 4) is 0 Å². The van der Waals surface area contributed by atoms with Crippen LogP contribution in [0.1, 0.15) is 250 Å². The molecule has 0 amide bonds.